The Bertz CT molecular complexity index is 602. The summed E-state index contributed by atoms with van der Waals surface area (Å²) < 4.78 is 32.3. The SMILES string of the molecule is C[C@H](N)c1cc(F)ccc1Oc1ccc(F)cc1Br. The molecule has 0 unspecified atom stereocenters. The summed E-state index contributed by atoms with van der Waals surface area (Å²) in [6.45, 7) is 1.74. The number of benzene rings is 2. The molecule has 0 radical (unpaired) electrons. The third-order valence-electron chi connectivity index (χ3n) is 2.58. The van der Waals surface area contributed by atoms with Crippen molar-refractivity contribution in [1.82, 2.24) is 0 Å². The second-order valence-electron chi connectivity index (χ2n) is 4.15. The van der Waals surface area contributed by atoms with E-state index in [2.05, 4.69) is 15.9 Å². The molecule has 0 aliphatic carbocycles. The van der Waals surface area contributed by atoms with Crippen molar-refractivity contribution in [3.05, 3.63) is 58.1 Å². The van der Waals surface area contributed by atoms with Crippen molar-refractivity contribution in [2.24, 2.45) is 5.73 Å². The van der Waals surface area contributed by atoms with E-state index in [4.69, 9.17) is 10.5 Å². The smallest absolute Gasteiger partial charge is 0.141 e. The van der Waals surface area contributed by atoms with Gasteiger partial charge in [-0.2, -0.15) is 0 Å². The van der Waals surface area contributed by atoms with Gasteiger partial charge in [0.15, 0.2) is 0 Å². The number of hydrogen-bond acceptors (Lipinski definition) is 2. The first-order valence-electron chi connectivity index (χ1n) is 5.65. The maximum Gasteiger partial charge on any atom is 0.141 e. The van der Waals surface area contributed by atoms with Crippen molar-refractivity contribution < 1.29 is 13.5 Å². The van der Waals surface area contributed by atoms with Crippen molar-refractivity contribution in [1.29, 1.82) is 0 Å². The van der Waals surface area contributed by atoms with Gasteiger partial charge in [0.05, 0.1) is 4.47 Å². The summed E-state index contributed by atoms with van der Waals surface area (Å²) in [4.78, 5) is 0. The Morgan fingerprint density at radius 3 is 2.21 bits per heavy atom. The molecule has 0 bridgehead atoms. The number of halogens is 3. The Morgan fingerprint density at radius 1 is 1.05 bits per heavy atom. The van der Waals surface area contributed by atoms with Crippen LogP contribution in [0, 0.1) is 11.6 Å². The van der Waals surface area contributed by atoms with E-state index in [1.807, 2.05) is 0 Å². The fourth-order valence-corrected chi connectivity index (χ4v) is 2.08. The number of nitrogens with two attached hydrogens (primary N) is 1. The van der Waals surface area contributed by atoms with Crippen LogP contribution in [0.25, 0.3) is 0 Å². The van der Waals surface area contributed by atoms with Gasteiger partial charge in [-0.1, -0.05) is 0 Å². The molecule has 2 aromatic carbocycles. The molecule has 2 aromatic rings. The summed E-state index contributed by atoms with van der Waals surface area (Å²) in [6.07, 6.45) is 0. The lowest BCUT2D eigenvalue weighted by Crippen LogP contribution is -2.07. The van der Waals surface area contributed by atoms with E-state index in [-0.39, 0.29) is 17.7 Å². The highest BCUT2D eigenvalue weighted by Crippen LogP contribution is 2.33. The zero-order valence-corrected chi connectivity index (χ0v) is 11.7. The van der Waals surface area contributed by atoms with Crippen LogP contribution in [0.1, 0.15) is 18.5 Å². The first-order valence-corrected chi connectivity index (χ1v) is 6.44. The van der Waals surface area contributed by atoms with Crippen molar-refractivity contribution in [2.45, 2.75) is 13.0 Å². The van der Waals surface area contributed by atoms with Crippen LogP contribution in [-0.4, -0.2) is 0 Å². The fourth-order valence-electron chi connectivity index (χ4n) is 1.64. The molecule has 100 valence electrons. The van der Waals surface area contributed by atoms with E-state index >= 15 is 0 Å². The predicted octanol–water partition coefficient (Wildman–Crippen LogP) is 4.54. The minimum absolute atomic E-state index is 0.370. The van der Waals surface area contributed by atoms with Crippen LogP contribution in [0.15, 0.2) is 40.9 Å². The largest absolute Gasteiger partial charge is 0.456 e. The van der Waals surface area contributed by atoms with E-state index in [1.165, 1.54) is 36.4 Å². The summed E-state index contributed by atoms with van der Waals surface area (Å²) in [5.74, 6) is 0.141. The van der Waals surface area contributed by atoms with Gasteiger partial charge in [-0.15, -0.1) is 0 Å². The van der Waals surface area contributed by atoms with Crippen molar-refractivity contribution in [3.63, 3.8) is 0 Å². The molecular weight excluding hydrogens is 316 g/mol. The van der Waals surface area contributed by atoms with Crippen LogP contribution >= 0.6 is 15.9 Å². The van der Waals surface area contributed by atoms with E-state index in [9.17, 15) is 8.78 Å². The maximum absolute atomic E-state index is 13.2. The molecule has 1 atom stereocenters. The Balaban J connectivity index is 2.38. The summed E-state index contributed by atoms with van der Waals surface area (Å²) >= 11 is 3.21. The Morgan fingerprint density at radius 2 is 1.63 bits per heavy atom. The van der Waals surface area contributed by atoms with Crippen LogP contribution < -0.4 is 10.5 Å². The molecule has 0 spiro atoms. The molecule has 2 rings (SSSR count). The third kappa shape index (κ3) is 3.30. The minimum Gasteiger partial charge on any atom is -0.456 e. The lowest BCUT2D eigenvalue weighted by atomic mass is 10.1. The third-order valence-corrected chi connectivity index (χ3v) is 3.20. The van der Waals surface area contributed by atoms with Crippen molar-refractivity contribution in [2.75, 3.05) is 0 Å². The van der Waals surface area contributed by atoms with Gasteiger partial charge in [0.2, 0.25) is 0 Å². The first-order chi connectivity index (χ1) is 8.97. The minimum atomic E-state index is -0.377. The van der Waals surface area contributed by atoms with Gasteiger partial charge < -0.3 is 10.5 Å². The van der Waals surface area contributed by atoms with Gasteiger partial charge in [-0.25, -0.2) is 8.78 Å². The quantitative estimate of drug-likeness (QED) is 0.898. The zero-order valence-electron chi connectivity index (χ0n) is 10.2. The molecule has 0 saturated heterocycles. The van der Waals surface area contributed by atoms with Crippen LogP contribution in [-0.2, 0) is 0 Å². The van der Waals surface area contributed by atoms with Gasteiger partial charge in [0.25, 0.3) is 0 Å². The molecular formula is C14H12BrF2NO. The Hall–Kier alpha value is -1.46. The Kier molecular flexibility index (Phi) is 4.17. The van der Waals surface area contributed by atoms with Crippen LogP contribution in [0.3, 0.4) is 0 Å². The molecule has 0 aromatic heterocycles. The molecule has 2 N–H and O–H groups in total. The molecule has 0 fully saturated rings. The summed E-state index contributed by atoms with van der Waals surface area (Å²) in [5, 5.41) is 0. The molecule has 2 nitrogen and oxygen atoms in total. The standard InChI is InChI=1S/C14H12BrF2NO/c1-8(18)11-6-9(16)2-4-13(11)19-14-5-3-10(17)7-12(14)15/h2-8H,18H2,1H3/t8-/m0/s1. The van der Waals surface area contributed by atoms with Crippen LogP contribution in [0.4, 0.5) is 8.78 Å². The monoisotopic (exact) mass is 327 g/mol. The molecule has 0 aliphatic rings. The van der Waals surface area contributed by atoms with E-state index < -0.39 is 0 Å². The topological polar surface area (TPSA) is 35.2 Å². The van der Waals surface area contributed by atoms with Gasteiger partial charge in [-0.05, 0) is 59.3 Å². The molecule has 19 heavy (non-hydrogen) atoms. The van der Waals surface area contributed by atoms with E-state index in [0.717, 1.165) is 0 Å². The molecule has 0 heterocycles. The number of hydrogen-bond donors (Lipinski definition) is 1. The molecule has 5 heteroatoms. The highest BCUT2D eigenvalue weighted by molar-refractivity contribution is 9.10. The van der Waals surface area contributed by atoms with E-state index in [1.54, 1.807) is 6.92 Å². The lowest BCUT2D eigenvalue weighted by Gasteiger charge is -2.14. The second kappa shape index (κ2) is 5.67. The average molecular weight is 328 g/mol. The maximum atomic E-state index is 13.2. The summed E-state index contributed by atoms with van der Waals surface area (Å²) in [6, 6.07) is 7.83. The fraction of sp³-hybridized carbons (Fsp3) is 0.143. The van der Waals surface area contributed by atoms with E-state index in [0.29, 0.717) is 21.5 Å². The summed E-state index contributed by atoms with van der Waals surface area (Å²) in [7, 11) is 0. The van der Waals surface area contributed by atoms with Gasteiger partial charge in [-0.3, -0.25) is 0 Å². The zero-order chi connectivity index (χ0) is 14.0. The first kappa shape index (κ1) is 14.0. The van der Waals surface area contributed by atoms with Crippen molar-refractivity contribution in [3.8, 4) is 11.5 Å². The van der Waals surface area contributed by atoms with Gasteiger partial charge in [0.1, 0.15) is 23.1 Å². The van der Waals surface area contributed by atoms with Crippen LogP contribution in [0.2, 0.25) is 0 Å². The average Bonchev–Trinajstić information content (AvgIpc) is 2.34. The van der Waals surface area contributed by atoms with Gasteiger partial charge in [0, 0.05) is 11.6 Å². The number of rotatable bonds is 3. The van der Waals surface area contributed by atoms with Crippen molar-refractivity contribution >= 4 is 15.9 Å². The highest BCUT2D eigenvalue weighted by Gasteiger charge is 2.12. The normalized spacial score (nSPS) is 12.3. The predicted molar refractivity (Wildman–Crippen MR) is 73.2 cm³/mol. The lowest BCUT2D eigenvalue weighted by molar-refractivity contribution is 0.464. The van der Waals surface area contributed by atoms with Crippen LogP contribution in [0.5, 0.6) is 11.5 Å². The molecule has 0 saturated carbocycles. The number of ether oxygens (including phenoxy) is 1. The Labute approximate surface area is 118 Å². The molecule has 0 aliphatic heterocycles. The van der Waals surface area contributed by atoms with Gasteiger partial charge >= 0.3 is 0 Å². The molecule has 0 amide bonds. The second-order valence-corrected chi connectivity index (χ2v) is 5.00. The highest BCUT2D eigenvalue weighted by atomic mass is 79.9. The summed E-state index contributed by atoms with van der Waals surface area (Å²) in [5.41, 5.74) is 6.33.